The molecule has 1 aromatic rings. The van der Waals surface area contributed by atoms with Crippen LogP contribution < -0.4 is 5.32 Å². The van der Waals surface area contributed by atoms with Crippen LogP contribution in [0, 0.1) is 0 Å². The molecule has 0 radical (unpaired) electrons. The highest BCUT2D eigenvalue weighted by Crippen LogP contribution is 2.23. The van der Waals surface area contributed by atoms with Crippen molar-refractivity contribution in [2.24, 2.45) is 0 Å². The van der Waals surface area contributed by atoms with Gasteiger partial charge in [-0.15, -0.1) is 0 Å². The van der Waals surface area contributed by atoms with Gasteiger partial charge in [0.15, 0.2) is 0 Å². The number of benzene rings is 1. The zero-order valence-electron chi connectivity index (χ0n) is 14.1. The van der Waals surface area contributed by atoms with E-state index < -0.39 is 0 Å². The Labute approximate surface area is 130 Å². The Hall–Kier alpha value is -0.860. The highest BCUT2D eigenvalue weighted by molar-refractivity contribution is 5.25. The van der Waals surface area contributed by atoms with Crippen molar-refractivity contribution in [2.45, 2.75) is 64.5 Å². The molecule has 118 valence electrons. The molecule has 0 aliphatic carbocycles. The third-order valence-electron chi connectivity index (χ3n) is 4.82. The molecule has 1 aliphatic rings. The molecule has 1 aliphatic heterocycles. The van der Waals surface area contributed by atoms with Gasteiger partial charge in [-0.2, -0.15) is 0 Å². The van der Waals surface area contributed by atoms with Crippen LogP contribution in [-0.4, -0.2) is 31.1 Å². The average Bonchev–Trinajstić information content (AvgIpc) is 2.50. The fraction of sp³-hybridized carbons (Fsp3) is 0.684. The number of hydrogen-bond acceptors (Lipinski definition) is 2. The lowest BCUT2D eigenvalue weighted by atomic mass is 9.96. The normalized spacial score (nSPS) is 21.4. The molecular formula is C19H32N2. The van der Waals surface area contributed by atoms with E-state index in [-0.39, 0.29) is 0 Å². The van der Waals surface area contributed by atoms with Crippen LogP contribution in [0.4, 0.5) is 0 Å². The van der Waals surface area contributed by atoms with Crippen LogP contribution in [0.1, 0.15) is 63.0 Å². The summed E-state index contributed by atoms with van der Waals surface area (Å²) in [6.45, 7) is 8.05. The van der Waals surface area contributed by atoms with Crippen molar-refractivity contribution in [3.8, 4) is 0 Å². The second-order valence-electron chi connectivity index (χ2n) is 6.61. The lowest BCUT2D eigenvalue weighted by Gasteiger charge is -2.35. The Balaban J connectivity index is 1.95. The molecule has 2 heteroatoms. The van der Waals surface area contributed by atoms with Crippen LogP contribution in [0.3, 0.4) is 0 Å². The van der Waals surface area contributed by atoms with Crippen molar-refractivity contribution in [3.63, 3.8) is 0 Å². The largest absolute Gasteiger partial charge is 0.319 e. The predicted molar refractivity (Wildman–Crippen MR) is 91.7 cm³/mol. The standard InChI is InChI=1S/C19H32N2/c1-4-7-19-8-5-6-13-21(19)15-17-9-11-18(12-10-17)16(2)14-20-3/h9-12,16,19-20H,4-8,13-15H2,1-3H3. The van der Waals surface area contributed by atoms with Gasteiger partial charge in [0, 0.05) is 19.1 Å². The Morgan fingerprint density at radius 3 is 2.67 bits per heavy atom. The number of hydrogen-bond donors (Lipinski definition) is 1. The molecule has 1 aromatic carbocycles. The first-order valence-corrected chi connectivity index (χ1v) is 8.72. The minimum Gasteiger partial charge on any atom is -0.319 e. The zero-order valence-corrected chi connectivity index (χ0v) is 14.1. The van der Waals surface area contributed by atoms with E-state index in [0.29, 0.717) is 5.92 Å². The number of nitrogens with one attached hydrogen (secondary N) is 1. The fourth-order valence-corrected chi connectivity index (χ4v) is 3.54. The van der Waals surface area contributed by atoms with E-state index in [1.54, 1.807) is 0 Å². The minimum atomic E-state index is 0.590. The van der Waals surface area contributed by atoms with Gasteiger partial charge < -0.3 is 5.32 Å². The van der Waals surface area contributed by atoms with Gasteiger partial charge in [-0.05, 0) is 49.9 Å². The van der Waals surface area contributed by atoms with E-state index in [0.717, 1.165) is 19.1 Å². The number of likely N-dealkylation sites (N-methyl/N-ethyl adjacent to an activating group) is 1. The van der Waals surface area contributed by atoms with Crippen LogP contribution >= 0.6 is 0 Å². The van der Waals surface area contributed by atoms with Gasteiger partial charge in [-0.1, -0.05) is 51.0 Å². The molecule has 0 saturated carbocycles. The maximum Gasteiger partial charge on any atom is 0.0236 e. The monoisotopic (exact) mass is 288 g/mol. The highest BCUT2D eigenvalue weighted by atomic mass is 15.2. The van der Waals surface area contributed by atoms with Gasteiger partial charge in [0.2, 0.25) is 0 Å². The smallest absolute Gasteiger partial charge is 0.0236 e. The number of likely N-dealkylation sites (tertiary alicyclic amines) is 1. The van der Waals surface area contributed by atoms with E-state index in [1.807, 2.05) is 7.05 Å². The third-order valence-corrected chi connectivity index (χ3v) is 4.82. The second kappa shape index (κ2) is 8.55. The summed E-state index contributed by atoms with van der Waals surface area (Å²) in [7, 11) is 2.02. The zero-order chi connectivity index (χ0) is 15.1. The van der Waals surface area contributed by atoms with E-state index in [9.17, 15) is 0 Å². The quantitative estimate of drug-likeness (QED) is 0.810. The van der Waals surface area contributed by atoms with Gasteiger partial charge in [-0.3, -0.25) is 4.90 Å². The molecular weight excluding hydrogens is 256 g/mol. The molecule has 2 atom stereocenters. The van der Waals surface area contributed by atoms with Gasteiger partial charge in [0.05, 0.1) is 0 Å². The summed E-state index contributed by atoms with van der Waals surface area (Å²) in [6.07, 6.45) is 6.85. The molecule has 0 bridgehead atoms. The van der Waals surface area contributed by atoms with Crippen molar-refractivity contribution >= 4 is 0 Å². The second-order valence-corrected chi connectivity index (χ2v) is 6.61. The number of rotatable bonds is 7. The summed E-state index contributed by atoms with van der Waals surface area (Å²) in [4.78, 5) is 2.71. The Kier molecular flexibility index (Phi) is 6.72. The first-order valence-electron chi connectivity index (χ1n) is 8.72. The molecule has 1 N–H and O–H groups in total. The third kappa shape index (κ3) is 4.82. The summed E-state index contributed by atoms with van der Waals surface area (Å²) in [6, 6.07) is 10.1. The van der Waals surface area contributed by atoms with Gasteiger partial charge >= 0.3 is 0 Å². The van der Waals surface area contributed by atoms with Crippen molar-refractivity contribution in [2.75, 3.05) is 20.1 Å². The molecule has 1 heterocycles. The van der Waals surface area contributed by atoms with E-state index in [2.05, 4.69) is 48.3 Å². The Morgan fingerprint density at radius 1 is 1.24 bits per heavy atom. The van der Waals surface area contributed by atoms with Gasteiger partial charge in [0.1, 0.15) is 0 Å². The van der Waals surface area contributed by atoms with Crippen molar-refractivity contribution in [1.82, 2.24) is 10.2 Å². The molecule has 0 amide bonds. The molecule has 1 saturated heterocycles. The summed E-state index contributed by atoms with van der Waals surface area (Å²) in [5.74, 6) is 0.590. The highest BCUT2D eigenvalue weighted by Gasteiger charge is 2.21. The SMILES string of the molecule is CCCC1CCCCN1Cc1ccc(C(C)CNC)cc1. The number of nitrogens with zero attached hydrogens (tertiary/aromatic N) is 1. The predicted octanol–water partition coefficient (Wildman–Crippen LogP) is 4.16. The average molecular weight is 288 g/mol. The molecule has 2 nitrogen and oxygen atoms in total. The van der Waals surface area contributed by atoms with Gasteiger partial charge in [0.25, 0.3) is 0 Å². The first-order chi connectivity index (χ1) is 10.2. The summed E-state index contributed by atoms with van der Waals surface area (Å²) >= 11 is 0. The van der Waals surface area contributed by atoms with Crippen molar-refractivity contribution in [3.05, 3.63) is 35.4 Å². The van der Waals surface area contributed by atoms with Crippen molar-refractivity contribution < 1.29 is 0 Å². The first kappa shape index (κ1) is 16.5. The maximum atomic E-state index is 3.26. The molecule has 2 rings (SSSR count). The maximum absolute atomic E-state index is 3.26. The van der Waals surface area contributed by atoms with Crippen LogP contribution in [0.15, 0.2) is 24.3 Å². The van der Waals surface area contributed by atoms with Crippen molar-refractivity contribution in [1.29, 1.82) is 0 Å². The molecule has 0 aromatic heterocycles. The molecule has 2 unspecified atom stereocenters. The van der Waals surface area contributed by atoms with Gasteiger partial charge in [-0.25, -0.2) is 0 Å². The van der Waals surface area contributed by atoms with Crippen LogP contribution in [0.2, 0.25) is 0 Å². The summed E-state index contributed by atoms with van der Waals surface area (Å²) in [5, 5.41) is 3.26. The van der Waals surface area contributed by atoms with E-state index in [4.69, 9.17) is 0 Å². The summed E-state index contributed by atoms with van der Waals surface area (Å²) < 4.78 is 0. The van der Waals surface area contributed by atoms with Crippen LogP contribution in [0.25, 0.3) is 0 Å². The molecule has 21 heavy (non-hydrogen) atoms. The lowest BCUT2D eigenvalue weighted by Crippen LogP contribution is -2.38. The summed E-state index contributed by atoms with van der Waals surface area (Å²) in [5.41, 5.74) is 2.91. The lowest BCUT2D eigenvalue weighted by molar-refractivity contribution is 0.131. The fourth-order valence-electron chi connectivity index (χ4n) is 3.54. The minimum absolute atomic E-state index is 0.590. The Bertz CT molecular complexity index is 397. The Morgan fingerprint density at radius 2 is 2.00 bits per heavy atom. The number of piperidine rings is 1. The van der Waals surface area contributed by atoms with Crippen LogP contribution in [-0.2, 0) is 6.54 Å². The van der Waals surface area contributed by atoms with E-state index >= 15 is 0 Å². The molecule has 0 spiro atoms. The van der Waals surface area contributed by atoms with E-state index in [1.165, 1.54) is 49.8 Å². The molecule has 1 fully saturated rings. The van der Waals surface area contributed by atoms with Crippen LogP contribution in [0.5, 0.6) is 0 Å². The topological polar surface area (TPSA) is 15.3 Å².